The molecule has 3 rings (SSSR count). The van der Waals surface area contributed by atoms with Gasteiger partial charge in [-0.05, 0) is 38.0 Å². The van der Waals surface area contributed by atoms with Gasteiger partial charge in [-0.1, -0.05) is 12.8 Å². The maximum absolute atomic E-state index is 12.3. The van der Waals surface area contributed by atoms with Crippen LogP contribution < -0.4 is 10.6 Å². The summed E-state index contributed by atoms with van der Waals surface area (Å²) in [5.74, 6) is 1.11. The highest BCUT2D eigenvalue weighted by Crippen LogP contribution is 2.18. The van der Waals surface area contributed by atoms with Gasteiger partial charge < -0.3 is 15.1 Å². The van der Waals surface area contributed by atoms with Gasteiger partial charge in [0.1, 0.15) is 11.5 Å². The second kappa shape index (κ2) is 6.60. The number of anilines is 1. The first-order chi connectivity index (χ1) is 10.7. The Labute approximate surface area is 129 Å². The number of carbonyl (C=O) groups is 1. The first kappa shape index (κ1) is 14.6. The van der Waals surface area contributed by atoms with Crippen molar-refractivity contribution in [3.63, 3.8) is 0 Å². The molecule has 1 aliphatic carbocycles. The van der Waals surface area contributed by atoms with Crippen molar-refractivity contribution in [2.24, 2.45) is 0 Å². The first-order valence-electron chi connectivity index (χ1n) is 7.63. The van der Waals surface area contributed by atoms with Gasteiger partial charge in [0.15, 0.2) is 0 Å². The summed E-state index contributed by atoms with van der Waals surface area (Å²) in [4.78, 5) is 20.9. The van der Waals surface area contributed by atoms with Crippen LogP contribution in [-0.4, -0.2) is 21.9 Å². The van der Waals surface area contributed by atoms with E-state index in [1.165, 1.54) is 12.8 Å². The summed E-state index contributed by atoms with van der Waals surface area (Å²) >= 11 is 0. The van der Waals surface area contributed by atoms with Gasteiger partial charge in [0.25, 0.3) is 5.91 Å². The van der Waals surface area contributed by atoms with Crippen LogP contribution in [0.5, 0.6) is 0 Å². The molecular weight excluding hydrogens is 280 g/mol. The molecule has 6 heteroatoms. The van der Waals surface area contributed by atoms with Crippen LogP contribution in [0.15, 0.2) is 28.9 Å². The van der Waals surface area contributed by atoms with Gasteiger partial charge in [0, 0.05) is 11.7 Å². The number of aromatic nitrogens is 2. The molecule has 6 nitrogen and oxygen atoms in total. The molecule has 0 atom stereocenters. The summed E-state index contributed by atoms with van der Waals surface area (Å²) < 4.78 is 5.25. The molecule has 2 N–H and O–H groups in total. The Bertz CT molecular complexity index is 634. The molecule has 0 aromatic carbocycles. The summed E-state index contributed by atoms with van der Waals surface area (Å²) in [5.41, 5.74) is 1.16. The Hall–Kier alpha value is -2.37. The normalized spacial score (nSPS) is 15.0. The Morgan fingerprint density at radius 1 is 1.36 bits per heavy atom. The third kappa shape index (κ3) is 3.63. The van der Waals surface area contributed by atoms with Gasteiger partial charge in [-0.3, -0.25) is 4.79 Å². The largest absolute Gasteiger partial charge is 0.467 e. The van der Waals surface area contributed by atoms with Crippen LogP contribution in [0.25, 0.3) is 0 Å². The van der Waals surface area contributed by atoms with E-state index in [0.717, 1.165) is 24.3 Å². The average Bonchev–Trinajstić information content (AvgIpc) is 3.18. The molecule has 0 spiro atoms. The van der Waals surface area contributed by atoms with Crippen LogP contribution in [0, 0.1) is 6.92 Å². The Kier molecular flexibility index (Phi) is 4.37. The van der Waals surface area contributed by atoms with Gasteiger partial charge >= 0.3 is 0 Å². The van der Waals surface area contributed by atoms with E-state index in [2.05, 4.69) is 20.6 Å². The fraction of sp³-hybridized carbons (Fsp3) is 0.438. The van der Waals surface area contributed by atoms with Gasteiger partial charge in [0.05, 0.1) is 12.8 Å². The van der Waals surface area contributed by atoms with E-state index >= 15 is 0 Å². The molecule has 0 radical (unpaired) electrons. The lowest BCUT2D eigenvalue weighted by atomic mass is 10.2. The van der Waals surface area contributed by atoms with Crippen molar-refractivity contribution in [3.05, 3.63) is 41.6 Å². The summed E-state index contributed by atoms with van der Waals surface area (Å²) in [6.07, 6.45) is 6.10. The maximum atomic E-state index is 12.3. The maximum Gasteiger partial charge on any atom is 0.270 e. The van der Waals surface area contributed by atoms with Crippen LogP contribution in [0.3, 0.4) is 0 Å². The van der Waals surface area contributed by atoms with E-state index in [4.69, 9.17) is 4.42 Å². The summed E-state index contributed by atoms with van der Waals surface area (Å²) in [7, 11) is 0. The third-order valence-corrected chi connectivity index (χ3v) is 3.78. The molecule has 1 fully saturated rings. The topological polar surface area (TPSA) is 80.0 Å². The number of carbonyl (C=O) groups excluding carboxylic acids is 1. The highest BCUT2D eigenvalue weighted by atomic mass is 16.3. The zero-order valence-corrected chi connectivity index (χ0v) is 12.6. The zero-order chi connectivity index (χ0) is 15.4. The number of aryl methyl sites for hydroxylation is 1. The van der Waals surface area contributed by atoms with Gasteiger partial charge in [-0.25, -0.2) is 9.97 Å². The molecular formula is C16H20N4O2. The lowest BCUT2D eigenvalue weighted by Gasteiger charge is -2.12. The molecule has 0 saturated heterocycles. The van der Waals surface area contributed by atoms with Crippen molar-refractivity contribution in [2.75, 3.05) is 5.32 Å². The number of nitrogens with zero attached hydrogens (tertiary/aromatic N) is 2. The number of hydrogen-bond acceptors (Lipinski definition) is 5. The van der Waals surface area contributed by atoms with Gasteiger partial charge in [-0.2, -0.15) is 0 Å². The van der Waals surface area contributed by atoms with Crippen molar-refractivity contribution in [1.29, 1.82) is 0 Å². The van der Waals surface area contributed by atoms with Crippen LogP contribution in [0.1, 0.15) is 47.6 Å². The highest BCUT2D eigenvalue weighted by molar-refractivity contribution is 5.92. The third-order valence-electron chi connectivity index (χ3n) is 3.78. The van der Waals surface area contributed by atoms with Gasteiger partial charge in [0.2, 0.25) is 5.95 Å². The van der Waals surface area contributed by atoms with E-state index in [1.54, 1.807) is 12.3 Å². The minimum Gasteiger partial charge on any atom is -0.467 e. The molecule has 1 saturated carbocycles. The smallest absolute Gasteiger partial charge is 0.270 e. The lowest BCUT2D eigenvalue weighted by Crippen LogP contribution is -2.33. The summed E-state index contributed by atoms with van der Waals surface area (Å²) in [5, 5.41) is 6.12. The first-order valence-corrected chi connectivity index (χ1v) is 7.63. The average molecular weight is 300 g/mol. The van der Waals surface area contributed by atoms with Crippen molar-refractivity contribution < 1.29 is 9.21 Å². The number of hydrogen-bond donors (Lipinski definition) is 2. The number of rotatable bonds is 5. The minimum absolute atomic E-state index is 0.126. The molecule has 2 heterocycles. The molecule has 1 aliphatic rings. The predicted octanol–water partition coefficient (Wildman–Crippen LogP) is 2.66. The molecule has 0 aliphatic heterocycles. The van der Waals surface area contributed by atoms with E-state index in [0.29, 0.717) is 18.2 Å². The van der Waals surface area contributed by atoms with Crippen molar-refractivity contribution >= 4 is 11.9 Å². The fourth-order valence-electron chi connectivity index (χ4n) is 2.67. The molecule has 116 valence electrons. The van der Waals surface area contributed by atoms with E-state index in [1.807, 2.05) is 19.1 Å². The SMILES string of the molecule is Cc1cc(C(=O)NC2CCCC2)nc(NCc2ccco2)n1. The standard InChI is InChI=1S/C16H20N4O2/c1-11-9-14(15(21)19-12-5-2-3-6-12)20-16(18-11)17-10-13-7-4-8-22-13/h4,7-9,12H,2-3,5-6,10H2,1H3,(H,19,21)(H,17,18,20). The van der Waals surface area contributed by atoms with E-state index in [-0.39, 0.29) is 11.9 Å². The van der Waals surface area contributed by atoms with Crippen LogP contribution in [0.4, 0.5) is 5.95 Å². The van der Waals surface area contributed by atoms with Crippen LogP contribution >= 0.6 is 0 Å². The van der Waals surface area contributed by atoms with Crippen LogP contribution in [0.2, 0.25) is 0 Å². The number of furan rings is 1. The molecule has 0 unspecified atom stereocenters. The van der Waals surface area contributed by atoms with Crippen LogP contribution in [-0.2, 0) is 6.54 Å². The number of amides is 1. The Morgan fingerprint density at radius 3 is 2.91 bits per heavy atom. The second-order valence-electron chi connectivity index (χ2n) is 5.61. The summed E-state index contributed by atoms with van der Waals surface area (Å²) in [6, 6.07) is 5.69. The Balaban J connectivity index is 1.67. The molecule has 0 bridgehead atoms. The summed E-state index contributed by atoms with van der Waals surface area (Å²) in [6.45, 7) is 2.34. The van der Waals surface area contributed by atoms with E-state index in [9.17, 15) is 4.79 Å². The monoisotopic (exact) mass is 300 g/mol. The van der Waals surface area contributed by atoms with Gasteiger partial charge in [-0.15, -0.1) is 0 Å². The quantitative estimate of drug-likeness (QED) is 0.887. The Morgan fingerprint density at radius 2 is 2.18 bits per heavy atom. The molecule has 22 heavy (non-hydrogen) atoms. The van der Waals surface area contributed by atoms with Crippen molar-refractivity contribution in [1.82, 2.24) is 15.3 Å². The molecule has 2 aromatic heterocycles. The van der Waals surface area contributed by atoms with Crippen molar-refractivity contribution in [2.45, 2.75) is 45.2 Å². The zero-order valence-electron chi connectivity index (χ0n) is 12.6. The molecule has 2 aromatic rings. The lowest BCUT2D eigenvalue weighted by molar-refractivity contribution is 0.0932. The van der Waals surface area contributed by atoms with E-state index < -0.39 is 0 Å². The van der Waals surface area contributed by atoms with Crippen molar-refractivity contribution in [3.8, 4) is 0 Å². The minimum atomic E-state index is -0.126. The number of nitrogens with one attached hydrogen (secondary N) is 2. The predicted molar refractivity (Wildman–Crippen MR) is 82.5 cm³/mol. The second-order valence-corrected chi connectivity index (χ2v) is 5.61. The highest BCUT2D eigenvalue weighted by Gasteiger charge is 2.19. The molecule has 1 amide bonds. The fourth-order valence-corrected chi connectivity index (χ4v) is 2.67.